The lowest BCUT2D eigenvalue weighted by Crippen LogP contribution is -2.49. The summed E-state index contributed by atoms with van der Waals surface area (Å²) >= 11 is 0.810. The Balaban J connectivity index is 1.54. The quantitative estimate of drug-likeness (QED) is 0.618. The molecule has 174 valence electrons. The van der Waals surface area contributed by atoms with Crippen molar-refractivity contribution in [1.82, 2.24) is 15.6 Å². The van der Waals surface area contributed by atoms with Crippen molar-refractivity contribution in [2.75, 3.05) is 31.6 Å². The number of rotatable bonds is 5. The van der Waals surface area contributed by atoms with Crippen LogP contribution in [0, 0.1) is 5.92 Å². The summed E-state index contributed by atoms with van der Waals surface area (Å²) < 4.78 is 46.3. The summed E-state index contributed by atoms with van der Waals surface area (Å²) in [6, 6.07) is 0.933. The number of carbonyl (C=O) groups excluding carboxylic acids is 2. The first-order chi connectivity index (χ1) is 15.2. The molecule has 0 unspecified atom stereocenters. The van der Waals surface area contributed by atoms with Crippen LogP contribution in [-0.2, 0) is 10.9 Å². The number of amides is 2. The van der Waals surface area contributed by atoms with Gasteiger partial charge in [-0.05, 0) is 24.8 Å². The molecule has 3 N–H and O–H groups in total. The van der Waals surface area contributed by atoms with E-state index >= 15 is 0 Å². The van der Waals surface area contributed by atoms with Crippen molar-refractivity contribution in [3.63, 3.8) is 0 Å². The number of ether oxygens (including phenoxy) is 1. The number of pyridine rings is 1. The molecule has 32 heavy (non-hydrogen) atoms. The Bertz CT molecular complexity index is 1020. The molecule has 2 aromatic heterocycles. The predicted octanol–water partition coefficient (Wildman–Crippen LogP) is 2.75. The average Bonchev–Trinajstić information content (AvgIpc) is 3.48. The minimum absolute atomic E-state index is 0.00376. The molecule has 1 saturated heterocycles. The number of halogens is 3. The van der Waals surface area contributed by atoms with Gasteiger partial charge in [-0.25, -0.2) is 9.78 Å². The molecule has 0 radical (unpaired) electrons. The minimum atomic E-state index is -4.64. The van der Waals surface area contributed by atoms with Crippen LogP contribution in [0.1, 0.15) is 35.2 Å². The van der Waals surface area contributed by atoms with Gasteiger partial charge in [0.1, 0.15) is 18.0 Å². The summed E-state index contributed by atoms with van der Waals surface area (Å²) in [4.78, 5) is 29.8. The monoisotopic (exact) mass is 472 g/mol. The maximum absolute atomic E-state index is 13.7. The number of carbonyl (C=O) groups is 2. The molecule has 4 rings (SSSR count). The molecule has 0 bridgehead atoms. The lowest BCUT2D eigenvalue weighted by Gasteiger charge is -2.36. The molecule has 0 aromatic carbocycles. The molecule has 2 amide bonds. The Kier molecular flexibility index (Phi) is 6.17. The predicted molar refractivity (Wildman–Crippen MR) is 112 cm³/mol. The number of anilines is 1. The van der Waals surface area contributed by atoms with Gasteiger partial charge in [-0.15, -0.1) is 11.3 Å². The second-order valence-electron chi connectivity index (χ2n) is 8.00. The van der Waals surface area contributed by atoms with E-state index in [-0.39, 0.29) is 41.1 Å². The Morgan fingerprint density at radius 1 is 1.34 bits per heavy atom. The van der Waals surface area contributed by atoms with E-state index in [0.29, 0.717) is 12.5 Å². The Hall–Kier alpha value is -2.60. The van der Waals surface area contributed by atoms with Crippen LogP contribution in [0.4, 0.5) is 23.8 Å². The second-order valence-corrected chi connectivity index (χ2v) is 8.88. The van der Waals surface area contributed by atoms with Gasteiger partial charge in [-0.3, -0.25) is 4.79 Å². The van der Waals surface area contributed by atoms with E-state index in [9.17, 15) is 27.9 Å². The highest BCUT2D eigenvalue weighted by Crippen LogP contribution is 2.40. The van der Waals surface area contributed by atoms with Gasteiger partial charge in [0.05, 0.1) is 21.3 Å². The van der Waals surface area contributed by atoms with Crippen LogP contribution in [-0.4, -0.2) is 61.0 Å². The number of piperidine rings is 1. The molecule has 3 heterocycles. The number of alkyl carbamates (subject to hydrolysis) is 1. The minimum Gasteiger partial charge on any atom is -0.443 e. The van der Waals surface area contributed by atoms with E-state index in [0.717, 1.165) is 30.2 Å². The normalized spacial score (nSPS) is 21.5. The van der Waals surface area contributed by atoms with Gasteiger partial charge in [-0.1, -0.05) is 0 Å². The maximum atomic E-state index is 13.7. The number of nitrogens with zero attached hydrogens (tertiary/aromatic N) is 2. The van der Waals surface area contributed by atoms with Crippen LogP contribution in [0.2, 0.25) is 0 Å². The lowest BCUT2D eigenvalue weighted by atomic mass is 10.0. The van der Waals surface area contributed by atoms with E-state index in [1.54, 1.807) is 0 Å². The van der Waals surface area contributed by atoms with Gasteiger partial charge in [0.2, 0.25) is 0 Å². The standard InChI is InChI=1S/C20H23F3N4O4S/c1-24-18(29)11-9-32-17-12(20(21,22)23)6-15(26-16(11)17)27-5-4-14(13(28)8-27)31-19(30)25-7-10-2-3-10/h6,9-10,13-14,28H,2-5,7-8H2,1H3,(H,24,29)(H,25,30)/t13-,14+/m1/s1. The Morgan fingerprint density at radius 3 is 2.72 bits per heavy atom. The van der Waals surface area contributed by atoms with E-state index in [4.69, 9.17) is 4.74 Å². The van der Waals surface area contributed by atoms with Gasteiger partial charge in [0.25, 0.3) is 5.91 Å². The number of hydrogen-bond acceptors (Lipinski definition) is 7. The number of alkyl halides is 3. The number of thiophene rings is 1. The van der Waals surface area contributed by atoms with Crippen LogP contribution in [0.15, 0.2) is 11.4 Å². The fraction of sp³-hybridized carbons (Fsp3) is 0.550. The number of aliphatic hydroxyl groups excluding tert-OH is 1. The molecule has 12 heteroatoms. The third kappa shape index (κ3) is 4.75. The molecule has 0 spiro atoms. The second kappa shape index (κ2) is 8.74. The van der Waals surface area contributed by atoms with Crippen LogP contribution < -0.4 is 15.5 Å². The number of hydrogen-bond donors (Lipinski definition) is 3. The number of aliphatic hydroxyl groups is 1. The third-order valence-corrected chi connectivity index (χ3v) is 6.62. The molecule has 2 aliphatic rings. The zero-order valence-electron chi connectivity index (χ0n) is 17.2. The highest BCUT2D eigenvalue weighted by molar-refractivity contribution is 7.17. The van der Waals surface area contributed by atoms with E-state index in [1.807, 2.05) is 0 Å². The number of aromatic nitrogens is 1. The largest absolute Gasteiger partial charge is 0.443 e. The van der Waals surface area contributed by atoms with E-state index in [1.165, 1.54) is 17.3 Å². The fourth-order valence-corrected chi connectivity index (χ4v) is 4.67. The smallest absolute Gasteiger partial charge is 0.417 e. The van der Waals surface area contributed by atoms with E-state index in [2.05, 4.69) is 15.6 Å². The van der Waals surface area contributed by atoms with Crippen LogP contribution >= 0.6 is 11.3 Å². The first kappa shape index (κ1) is 22.6. The maximum Gasteiger partial charge on any atom is 0.417 e. The van der Waals surface area contributed by atoms with Gasteiger partial charge in [-0.2, -0.15) is 13.2 Å². The zero-order valence-corrected chi connectivity index (χ0v) is 18.1. The van der Waals surface area contributed by atoms with Gasteiger partial charge >= 0.3 is 12.3 Å². The highest BCUT2D eigenvalue weighted by atomic mass is 32.1. The van der Waals surface area contributed by atoms with Crippen molar-refractivity contribution in [2.45, 2.75) is 37.6 Å². The van der Waals surface area contributed by atoms with Crippen LogP contribution in [0.25, 0.3) is 10.2 Å². The van der Waals surface area contributed by atoms with Gasteiger partial charge < -0.3 is 25.4 Å². The van der Waals surface area contributed by atoms with E-state index < -0.39 is 35.9 Å². The summed E-state index contributed by atoms with van der Waals surface area (Å²) in [7, 11) is 1.39. The summed E-state index contributed by atoms with van der Waals surface area (Å²) in [5.74, 6) is -0.0441. The Labute approximate surface area is 185 Å². The summed E-state index contributed by atoms with van der Waals surface area (Å²) in [5, 5.41) is 16.9. The van der Waals surface area contributed by atoms with Crippen LogP contribution in [0.3, 0.4) is 0 Å². The average molecular weight is 472 g/mol. The van der Waals surface area contributed by atoms with Crippen molar-refractivity contribution in [1.29, 1.82) is 0 Å². The summed E-state index contributed by atoms with van der Waals surface area (Å²) in [6.07, 6.45) is -4.73. The van der Waals surface area contributed by atoms with Crippen molar-refractivity contribution >= 4 is 39.4 Å². The molecular weight excluding hydrogens is 449 g/mol. The molecule has 2 aromatic rings. The molecule has 1 aliphatic heterocycles. The van der Waals surface area contributed by atoms with Crippen molar-refractivity contribution < 1.29 is 32.6 Å². The van der Waals surface area contributed by atoms with Crippen molar-refractivity contribution in [2.24, 2.45) is 5.92 Å². The van der Waals surface area contributed by atoms with Crippen LogP contribution in [0.5, 0.6) is 0 Å². The molecule has 2 atom stereocenters. The molecular formula is C20H23F3N4O4S. The van der Waals surface area contributed by atoms with Gasteiger partial charge in [0, 0.05) is 38.5 Å². The molecule has 1 saturated carbocycles. The summed E-state index contributed by atoms with van der Waals surface area (Å²) in [6.45, 7) is 0.703. The summed E-state index contributed by atoms with van der Waals surface area (Å²) in [5.41, 5.74) is -0.859. The first-order valence-electron chi connectivity index (χ1n) is 10.3. The van der Waals surface area contributed by atoms with Gasteiger partial charge in [0.15, 0.2) is 0 Å². The molecule has 1 aliphatic carbocycles. The first-order valence-corrected chi connectivity index (χ1v) is 11.1. The van der Waals surface area contributed by atoms with Crippen molar-refractivity contribution in [3.8, 4) is 0 Å². The number of β-amino-alcohol motifs (C(OH)–C–C–N with tert-alkyl or cyclic N) is 1. The topological polar surface area (TPSA) is 104 Å². The fourth-order valence-electron chi connectivity index (χ4n) is 3.65. The number of nitrogens with one attached hydrogen (secondary N) is 2. The Morgan fingerprint density at radius 2 is 2.09 bits per heavy atom. The zero-order chi connectivity index (χ0) is 23.0. The third-order valence-electron chi connectivity index (χ3n) is 5.62. The SMILES string of the molecule is CNC(=O)c1csc2c(C(F)(F)F)cc(N3CC[C@H](OC(=O)NCC4CC4)[C@H](O)C3)nc12. The highest BCUT2D eigenvalue weighted by Gasteiger charge is 2.37. The van der Waals surface area contributed by atoms with Crippen molar-refractivity contribution in [3.05, 3.63) is 22.6 Å². The lowest BCUT2D eigenvalue weighted by molar-refractivity contribution is -0.136. The molecule has 2 fully saturated rings. The number of fused-ring (bicyclic) bond motifs is 1. The molecule has 8 nitrogen and oxygen atoms in total.